The summed E-state index contributed by atoms with van der Waals surface area (Å²) in [5.74, 6) is 1.11. The molecule has 2 aromatic carbocycles. The van der Waals surface area contributed by atoms with Gasteiger partial charge in [0, 0.05) is 17.7 Å². The summed E-state index contributed by atoms with van der Waals surface area (Å²) in [6.07, 6.45) is -2.90. The minimum Gasteiger partial charge on any atom is -0.497 e. The lowest BCUT2D eigenvalue weighted by molar-refractivity contribution is -0.137. The SMILES string of the molecule is COc1ccc(OC)c(C2CCCN2C(=O)Cn2nnc(-c3cccc(C(F)(F)F)c3)n2)c1. The molecule has 33 heavy (non-hydrogen) atoms. The first kappa shape index (κ1) is 22.6. The van der Waals surface area contributed by atoms with E-state index in [4.69, 9.17) is 9.47 Å². The van der Waals surface area contributed by atoms with Crippen LogP contribution in [-0.2, 0) is 17.5 Å². The average molecular weight is 461 g/mol. The van der Waals surface area contributed by atoms with E-state index in [2.05, 4.69) is 15.4 Å². The number of methoxy groups -OCH3 is 2. The molecule has 0 saturated carbocycles. The summed E-state index contributed by atoms with van der Waals surface area (Å²) in [7, 11) is 3.14. The van der Waals surface area contributed by atoms with E-state index in [1.165, 1.54) is 12.1 Å². The van der Waals surface area contributed by atoms with Gasteiger partial charge in [-0.15, -0.1) is 10.2 Å². The van der Waals surface area contributed by atoms with Gasteiger partial charge in [0.25, 0.3) is 0 Å². The van der Waals surface area contributed by atoms with Crippen LogP contribution in [0.15, 0.2) is 42.5 Å². The van der Waals surface area contributed by atoms with Crippen LogP contribution in [0.4, 0.5) is 13.2 Å². The Morgan fingerprint density at radius 1 is 1.15 bits per heavy atom. The van der Waals surface area contributed by atoms with Gasteiger partial charge < -0.3 is 14.4 Å². The zero-order valence-electron chi connectivity index (χ0n) is 18.0. The Balaban J connectivity index is 1.52. The molecule has 11 heteroatoms. The Morgan fingerprint density at radius 2 is 1.97 bits per heavy atom. The molecule has 1 aliphatic rings. The maximum absolute atomic E-state index is 13.1. The van der Waals surface area contributed by atoms with Crippen molar-refractivity contribution in [2.45, 2.75) is 31.6 Å². The van der Waals surface area contributed by atoms with Crippen LogP contribution in [0.2, 0.25) is 0 Å². The molecule has 1 atom stereocenters. The van der Waals surface area contributed by atoms with E-state index >= 15 is 0 Å². The van der Waals surface area contributed by atoms with Crippen molar-refractivity contribution in [2.75, 3.05) is 20.8 Å². The third-order valence-electron chi connectivity index (χ3n) is 5.55. The fourth-order valence-corrected chi connectivity index (χ4v) is 3.96. The maximum Gasteiger partial charge on any atom is 0.416 e. The second-order valence-electron chi connectivity index (χ2n) is 7.58. The van der Waals surface area contributed by atoms with E-state index < -0.39 is 11.7 Å². The maximum atomic E-state index is 13.1. The summed E-state index contributed by atoms with van der Waals surface area (Å²) < 4.78 is 49.7. The van der Waals surface area contributed by atoms with Crippen LogP contribution in [-0.4, -0.2) is 51.8 Å². The molecule has 1 saturated heterocycles. The number of nitrogens with zero attached hydrogens (tertiary/aromatic N) is 5. The van der Waals surface area contributed by atoms with Crippen LogP contribution in [0.5, 0.6) is 11.5 Å². The van der Waals surface area contributed by atoms with E-state index in [0.717, 1.165) is 35.3 Å². The monoisotopic (exact) mass is 461 g/mol. The minimum absolute atomic E-state index is 0.0151. The molecule has 0 bridgehead atoms. The van der Waals surface area contributed by atoms with Crippen LogP contribution in [0.25, 0.3) is 11.4 Å². The molecule has 8 nitrogen and oxygen atoms in total. The first-order valence-electron chi connectivity index (χ1n) is 10.3. The Morgan fingerprint density at radius 3 is 2.70 bits per heavy atom. The van der Waals surface area contributed by atoms with Crippen molar-refractivity contribution in [3.05, 3.63) is 53.6 Å². The number of amides is 1. The van der Waals surface area contributed by atoms with Crippen molar-refractivity contribution in [1.29, 1.82) is 0 Å². The number of tetrazole rings is 1. The molecular weight excluding hydrogens is 439 g/mol. The number of likely N-dealkylation sites (tertiary alicyclic amines) is 1. The number of hydrogen-bond donors (Lipinski definition) is 0. The first-order chi connectivity index (χ1) is 15.8. The molecule has 0 aliphatic carbocycles. The highest BCUT2D eigenvalue weighted by Gasteiger charge is 2.33. The van der Waals surface area contributed by atoms with E-state index in [9.17, 15) is 18.0 Å². The fourth-order valence-electron chi connectivity index (χ4n) is 3.96. The quantitative estimate of drug-likeness (QED) is 0.556. The Labute approximate surface area is 187 Å². The lowest BCUT2D eigenvalue weighted by atomic mass is 10.0. The standard InChI is InChI=1S/C22H22F3N5O3/c1-32-16-8-9-19(33-2)17(12-16)18-7-4-10-29(18)20(31)13-30-27-21(26-28-30)14-5-3-6-15(11-14)22(23,24)25/h3,5-6,8-9,11-12,18H,4,7,10,13H2,1-2H3. The molecule has 1 aromatic heterocycles. The second-order valence-corrected chi connectivity index (χ2v) is 7.58. The van der Waals surface area contributed by atoms with Gasteiger partial charge >= 0.3 is 6.18 Å². The van der Waals surface area contributed by atoms with Crippen molar-refractivity contribution in [1.82, 2.24) is 25.1 Å². The summed E-state index contributed by atoms with van der Waals surface area (Å²) in [5.41, 5.74) is 0.210. The van der Waals surface area contributed by atoms with Crippen LogP contribution < -0.4 is 9.47 Å². The van der Waals surface area contributed by atoms with Crippen LogP contribution in [0.3, 0.4) is 0 Å². The van der Waals surface area contributed by atoms with Gasteiger partial charge in [0.1, 0.15) is 18.0 Å². The predicted molar refractivity (Wildman–Crippen MR) is 111 cm³/mol. The van der Waals surface area contributed by atoms with Gasteiger partial charge in [-0.2, -0.15) is 18.0 Å². The number of hydrogen-bond acceptors (Lipinski definition) is 6. The first-order valence-corrected chi connectivity index (χ1v) is 10.3. The number of rotatable bonds is 6. The van der Waals surface area contributed by atoms with Gasteiger partial charge in [0.15, 0.2) is 0 Å². The second kappa shape index (κ2) is 9.08. The van der Waals surface area contributed by atoms with Gasteiger partial charge in [0.2, 0.25) is 11.7 Å². The smallest absolute Gasteiger partial charge is 0.416 e. The molecule has 0 N–H and O–H groups in total. The van der Waals surface area contributed by atoms with Crippen molar-refractivity contribution in [3.8, 4) is 22.9 Å². The average Bonchev–Trinajstić information content (AvgIpc) is 3.48. The molecule has 1 unspecified atom stereocenters. The van der Waals surface area contributed by atoms with E-state index in [1.807, 2.05) is 6.07 Å². The molecule has 4 rings (SSSR count). The minimum atomic E-state index is -4.48. The number of halogens is 3. The summed E-state index contributed by atoms with van der Waals surface area (Å²) in [4.78, 5) is 15.9. The largest absolute Gasteiger partial charge is 0.497 e. The lowest BCUT2D eigenvalue weighted by Crippen LogP contribution is -2.34. The van der Waals surface area contributed by atoms with Crippen LogP contribution >= 0.6 is 0 Å². The van der Waals surface area contributed by atoms with Crippen molar-refractivity contribution in [3.63, 3.8) is 0 Å². The highest BCUT2D eigenvalue weighted by atomic mass is 19.4. The summed E-state index contributed by atoms with van der Waals surface area (Å²) >= 11 is 0. The van der Waals surface area contributed by atoms with Crippen molar-refractivity contribution < 1.29 is 27.4 Å². The molecule has 1 aliphatic heterocycles. The zero-order valence-corrected chi connectivity index (χ0v) is 18.0. The summed E-state index contributed by atoms with van der Waals surface area (Å²) in [6.45, 7) is 0.369. The van der Waals surface area contributed by atoms with Gasteiger partial charge in [-0.25, -0.2) is 0 Å². The molecule has 174 valence electrons. The molecule has 0 spiro atoms. The Kier molecular flexibility index (Phi) is 6.21. The molecule has 3 aromatic rings. The zero-order chi connectivity index (χ0) is 23.6. The third kappa shape index (κ3) is 4.76. The normalized spacial score (nSPS) is 16.2. The Hall–Kier alpha value is -3.63. The molecule has 1 fully saturated rings. The number of carbonyl (C=O) groups is 1. The predicted octanol–water partition coefficient (Wildman–Crippen LogP) is 3.74. The van der Waals surface area contributed by atoms with Gasteiger partial charge in [-0.3, -0.25) is 4.79 Å². The molecule has 1 amide bonds. The number of ether oxygens (including phenoxy) is 2. The van der Waals surface area contributed by atoms with E-state index in [1.54, 1.807) is 31.3 Å². The summed E-state index contributed by atoms with van der Waals surface area (Å²) in [5, 5.41) is 11.8. The van der Waals surface area contributed by atoms with Crippen LogP contribution in [0.1, 0.15) is 30.0 Å². The molecular formula is C22H22F3N5O3. The lowest BCUT2D eigenvalue weighted by Gasteiger charge is -2.26. The highest BCUT2D eigenvalue weighted by Crippen LogP contribution is 2.39. The number of carbonyl (C=O) groups excluding carboxylic acids is 1. The Bertz CT molecular complexity index is 1150. The number of alkyl halides is 3. The van der Waals surface area contributed by atoms with Gasteiger partial charge in [-0.05, 0) is 48.4 Å². The molecule has 0 radical (unpaired) electrons. The molecule has 2 heterocycles. The number of benzene rings is 2. The van der Waals surface area contributed by atoms with E-state index in [-0.39, 0.29) is 29.9 Å². The highest BCUT2D eigenvalue weighted by molar-refractivity contribution is 5.77. The van der Waals surface area contributed by atoms with Crippen molar-refractivity contribution in [2.24, 2.45) is 0 Å². The fraction of sp³-hybridized carbons (Fsp3) is 0.364. The van der Waals surface area contributed by atoms with Gasteiger partial charge in [-0.1, -0.05) is 12.1 Å². The topological polar surface area (TPSA) is 82.4 Å². The van der Waals surface area contributed by atoms with Gasteiger partial charge in [0.05, 0.1) is 25.8 Å². The number of aromatic nitrogens is 4. The van der Waals surface area contributed by atoms with E-state index in [0.29, 0.717) is 18.0 Å². The summed E-state index contributed by atoms with van der Waals surface area (Å²) in [6, 6.07) is 9.91. The van der Waals surface area contributed by atoms with Crippen molar-refractivity contribution >= 4 is 5.91 Å². The van der Waals surface area contributed by atoms with Crippen LogP contribution in [0, 0.1) is 0 Å². The third-order valence-corrected chi connectivity index (χ3v) is 5.55.